The normalized spacial score (nSPS) is 29.1. The van der Waals surface area contributed by atoms with Gasteiger partial charge in [-0.3, -0.25) is 0 Å². The number of allylic oxidation sites excluding steroid dienone is 2. The van der Waals surface area contributed by atoms with Crippen molar-refractivity contribution in [3.8, 4) is 0 Å². The van der Waals surface area contributed by atoms with Crippen molar-refractivity contribution < 1.29 is 0 Å². The minimum atomic E-state index is -1.06. The van der Waals surface area contributed by atoms with E-state index in [1.807, 2.05) is 0 Å². The molecule has 0 spiro atoms. The molecule has 1 aliphatic heterocycles. The molecule has 0 bridgehead atoms. The molecule has 9 heavy (non-hydrogen) atoms. The first-order valence-corrected chi connectivity index (χ1v) is 14.0. The Morgan fingerprint density at radius 1 is 1.44 bits per heavy atom. The maximum absolute atomic E-state index is 3.82. The summed E-state index contributed by atoms with van der Waals surface area (Å²) in [6.45, 7) is 4.67. The zero-order valence-corrected chi connectivity index (χ0v) is 11.9. The third-order valence-electron chi connectivity index (χ3n) is 1.94. The fourth-order valence-corrected chi connectivity index (χ4v) is 28.8. The molecule has 0 aromatic rings. The predicted molar refractivity (Wildman–Crippen MR) is 48.0 cm³/mol. The fourth-order valence-electron chi connectivity index (χ4n) is 0.942. The van der Waals surface area contributed by atoms with Crippen molar-refractivity contribution in [2.24, 2.45) is 0 Å². The van der Waals surface area contributed by atoms with Crippen molar-refractivity contribution in [2.75, 3.05) is 0 Å². The van der Waals surface area contributed by atoms with Crippen LogP contribution in [0, 0.1) is 0 Å². The standard InChI is InChI=1S/C4H6.2CH3.C.2Sb.H/c1-3-4-2;;;;;;/h1-2H3;2*1H3;;;;. The van der Waals surface area contributed by atoms with Crippen LogP contribution in [0.5, 0.6) is 0 Å². The van der Waals surface area contributed by atoms with Gasteiger partial charge < -0.3 is 0 Å². The zero-order chi connectivity index (χ0) is 7.02. The molecule has 1 unspecified atom stereocenters. The SMILES string of the molecule is C[C]1=[C](C)[SbH]([CH3])=[C][Sb]1[CH3]. The van der Waals surface area contributed by atoms with E-state index in [1.54, 1.807) is 7.04 Å². The summed E-state index contributed by atoms with van der Waals surface area (Å²) in [7, 11) is 0. The van der Waals surface area contributed by atoms with Gasteiger partial charge in [-0.05, 0) is 0 Å². The fraction of sp³-hybridized carbons (Fsp3) is 0.571. The van der Waals surface area contributed by atoms with Gasteiger partial charge in [0.05, 0.1) is 0 Å². The monoisotopic (exact) mass is 339 g/mol. The Morgan fingerprint density at radius 3 is 2.11 bits per heavy atom. The van der Waals surface area contributed by atoms with E-state index < -0.39 is 39.9 Å². The van der Waals surface area contributed by atoms with Crippen LogP contribution in [0.1, 0.15) is 13.8 Å². The number of rotatable bonds is 0. The van der Waals surface area contributed by atoms with Crippen LogP contribution in [0.2, 0.25) is 9.74 Å². The van der Waals surface area contributed by atoms with Gasteiger partial charge in [-0.15, -0.1) is 0 Å². The van der Waals surface area contributed by atoms with Crippen LogP contribution in [0.15, 0.2) is 7.04 Å². The van der Waals surface area contributed by atoms with Crippen molar-refractivity contribution in [3.05, 3.63) is 7.04 Å². The van der Waals surface area contributed by atoms with E-state index in [0.29, 0.717) is 0 Å². The van der Waals surface area contributed by atoms with Crippen LogP contribution in [-0.4, -0.2) is 41.8 Å². The molecule has 0 aliphatic carbocycles. The second-order valence-electron chi connectivity index (χ2n) is 2.51. The van der Waals surface area contributed by atoms with E-state index in [1.165, 1.54) is 0 Å². The molecule has 0 saturated heterocycles. The Morgan fingerprint density at radius 2 is 2.00 bits per heavy atom. The van der Waals surface area contributed by atoms with Gasteiger partial charge in [0.15, 0.2) is 0 Å². The summed E-state index contributed by atoms with van der Waals surface area (Å²) in [4.78, 5) is 4.90. The van der Waals surface area contributed by atoms with Gasteiger partial charge in [0, 0.05) is 0 Å². The van der Waals surface area contributed by atoms with Gasteiger partial charge in [0.1, 0.15) is 0 Å². The molecule has 1 rings (SSSR count). The van der Waals surface area contributed by atoms with E-state index in [-0.39, 0.29) is 0 Å². The molecule has 1 aliphatic rings. The third kappa shape index (κ3) is 1.63. The van der Waals surface area contributed by atoms with Crippen LogP contribution in [0.25, 0.3) is 0 Å². The first-order valence-electron chi connectivity index (χ1n) is 3.14. The summed E-state index contributed by atoms with van der Waals surface area (Å²) >= 11 is -1.99. The van der Waals surface area contributed by atoms with Crippen molar-refractivity contribution in [1.29, 1.82) is 0 Å². The molecule has 0 nitrogen and oxygen atoms in total. The van der Waals surface area contributed by atoms with Crippen LogP contribution >= 0.6 is 0 Å². The molecule has 1 heterocycles. The average molecular weight is 341 g/mol. The summed E-state index contributed by atoms with van der Waals surface area (Å²) in [6.07, 6.45) is 0. The van der Waals surface area contributed by atoms with Gasteiger partial charge in [0.2, 0.25) is 0 Å². The molecule has 1 radical (unpaired) electrons. The number of hydrogen-bond donors (Lipinski definition) is 0. The second kappa shape index (κ2) is 3.10. The quantitative estimate of drug-likeness (QED) is 0.581. The molecule has 0 fully saturated rings. The Balaban J connectivity index is 2.97. The molecule has 51 valence electrons. The zero-order valence-electron chi connectivity index (χ0n) is 6.45. The molecular formula is C7H13Sb2. The van der Waals surface area contributed by atoms with Crippen molar-refractivity contribution in [1.82, 2.24) is 0 Å². The minimum absolute atomic E-state index is 0.935. The maximum atomic E-state index is 3.82. The third-order valence-corrected chi connectivity index (χ3v) is 26.6. The molecular weight excluding hydrogens is 328 g/mol. The molecule has 0 saturated carbocycles. The van der Waals surface area contributed by atoms with Crippen molar-refractivity contribution in [3.63, 3.8) is 0 Å². The van der Waals surface area contributed by atoms with Gasteiger partial charge in [-0.2, -0.15) is 0 Å². The van der Waals surface area contributed by atoms with E-state index in [2.05, 4.69) is 25.5 Å². The first-order chi connectivity index (χ1) is 4.13. The second-order valence-corrected chi connectivity index (χ2v) is 18.2. The average Bonchev–Trinajstić information content (AvgIpc) is 1.98. The number of hydrogen-bond acceptors (Lipinski definition) is 0. The van der Waals surface area contributed by atoms with E-state index in [4.69, 9.17) is 0 Å². The van der Waals surface area contributed by atoms with Crippen LogP contribution in [-0.2, 0) is 0 Å². The summed E-state index contributed by atoms with van der Waals surface area (Å²) < 4.78 is 7.40. The summed E-state index contributed by atoms with van der Waals surface area (Å²) in [5.74, 6) is 0. The molecule has 0 amide bonds. The van der Waals surface area contributed by atoms with Gasteiger partial charge in [-0.1, -0.05) is 0 Å². The van der Waals surface area contributed by atoms with Gasteiger partial charge >= 0.3 is 72.5 Å². The van der Waals surface area contributed by atoms with Crippen LogP contribution in [0.4, 0.5) is 0 Å². The Hall–Kier alpha value is 1.25. The summed E-state index contributed by atoms with van der Waals surface area (Å²) in [5.41, 5.74) is 0. The van der Waals surface area contributed by atoms with Crippen LogP contribution in [0.3, 0.4) is 0 Å². The molecule has 0 aromatic heterocycles. The molecule has 1 atom stereocenters. The van der Waals surface area contributed by atoms with E-state index >= 15 is 0 Å². The summed E-state index contributed by atoms with van der Waals surface area (Å²) in [6, 6.07) is 0. The molecule has 0 aromatic carbocycles. The molecule has 2 heteroatoms. The topological polar surface area (TPSA) is 0 Å². The van der Waals surface area contributed by atoms with Crippen molar-refractivity contribution in [2.45, 2.75) is 23.6 Å². The Labute approximate surface area is 71.7 Å². The Kier molecular flexibility index (Phi) is 2.87. The van der Waals surface area contributed by atoms with Gasteiger partial charge in [-0.25, -0.2) is 0 Å². The van der Waals surface area contributed by atoms with E-state index in [0.717, 1.165) is 0 Å². The van der Waals surface area contributed by atoms with E-state index in [9.17, 15) is 0 Å². The molecule has 0 N–H and O–H groups in total. The summed E-state index contributed by atoms with van der Waals surface area (Å²) in [5, 5.41) is 0. The van der Waals surface area contributed by atoms with Crippen LogP contribution < -0.4 is 0 Å². The first kappa shape index (κ1) is 8.34. The Bertz CT molecular complexity index is 189. The van der Waals surface area contributed by atoms with Gasteiger partial charge in [0.25, 0.3) is 0 Å². The van der Waals surface area contributed by atoms with Crippen molar-refractivity contribution >= 4 is 41.8 Å². The predicted octanol–water partition coefficient (Wildman–Crippen LogP) is 1.20.